The second-order valence-corrected chi connectivity index (χ2v) is 6.98. The Morgan fingerprint density at radius 3 is 2.13 bits per heavy atom. The number of para-hydroxylation sites is 2. The molecule has 3 aromatic carbocycles. The van der Waals surface area contributed by atoms with E-state index in [4.69, 9.17) is 14.2 Å². The molecule has 162 valence electrons. The van der Waals surface area contributed by atoms with E-state index in [9.17, 15) is 14.3 Å². The molecule has 0 aliphatic rings. The standard InChI is InChI=1S/C25H25FO5/c1-17-21(30-15-5-6-16-31-23-8-4-3-7-22(23)29-2)14-13-20(24(17)27)25(28)18-9-11-19(26)12-10-18/h3-4,7-14,27H,5-6,15-16H2,1-2H3. The maximum absolute atomic E-state index is 13.1. The maximum atomic E-state index is 13.1. The number of ether oxygens (including phenoxy) is 3. The summed E-state index contributed by atoms with van der Waals surface area (Å²) in [5, 5.41) is 10.5. The Morgan fingerprint density at radius 2 is 1.48 bits per heavy atom. The SMILES string of the molecule is COc1ccccc1OCCCCOc1ccc(C(=O)c2ccc(F)cc2)c(O)c1C. The van der Waals surface area contributed by atoms with Crippen molar-refractivity contribution >= 4 is 5.78 Å². The van der Waals surface area contributed by atoms with Gasteiger partial charge in [-0.1, -0.05) is 12.1 Å². The molecule has 5 nitrogen and oxygen atoms in total. The minimum absolute atomic E-state index is 0.133. The van der Waals surface area contributed by atoms with Gasteiger partial charge in [-0.25, -0.2) is 4.39 Å². The Bertz CT molecular complexity index is 1030. The minimum atomic E-state index is -0.422. The van der Waals surface area contributed by atoms with Crippen molar-refractivity contribution < 1.29 is 28.5 Å². The monoisotopic (exact) mass is 424 g/mol. The average Bonchev–Trinajstić information content (AvgIpc) is 2.79. The summed E-state index contributed by atoms with van der Waals surface area (Å²) in [6.45, 7) is 2.66. The van der Waals surface area contributed by atoms with Crippen molar-refractivity contribution in [3.8, 4) is 23.0 Å². The molecule has 3 aromatic rings. The lowest BCUT2D eigenvalue weighted by atomic mass is 10.00. The Labute approximate surface area is 181 Å². The molecule has 0 radical (unpaired) electrons. The van der Waals surface area contributed by atoms with E-state index in [1.54, 1.807) is 20.1 Å². The van der Waals surface area contributed by atoms with Gasteiger partial charge >= 0.3 is 0 Å². The minimum Gasteiger partial charge on any atom is -0.507 e. The highest BCUT2D eigenvalue weighted by Gasteiger charge is 2.17. The first-order valence-corrected chi connectivity index (χ1v) is 10.0. The Kier molecular flexibility index (Phi) is 7.49. The van der Waals surface area contributed by atoms with Crippen LogP contribution in [-0.4, -0.2) is 31.2 Å². The number of hydrogen-bond donors (Lipinski definition) is 1. The molecule has 0 saturated heterocycles. The normalized spacial score (nSPS) is 10.5. The average molecular weight is 424 g/mol. The highest BCUT2D eigenvalue weighted by molar-refractivity contribution is 6.11. The van der Waals surface area contributed by atoms with Crippen molar-refractivity contribution in [2.24, 2.45) is 0 Å². The summed E-state index contributed by atoms with van der Waals surface area (Å²) in [5.74, 6) is 0.980. The molecule has 6 heteroatoms. The second-order valence-electron chi connectivity index (χ2n) is 6.98. The largest absolute Gasteiger partial charge is 0.507 e. The summed E-state index contributed by atoms with van der Waals surface area (Å²) < 4.78 is 29.8. The molecule has 0 heterocycles. The summed E-state index contributed by atoms with van der Waals surface area (Å²) >= 11 is 0. The van der Waals surface area contributed by atoms with Crippen molar-refractivity contribution in [2.75, 3.05) is 20.3 Å². The van der Waals surface area contributed by atoms with Gasteiger partial charge in [-0.2, -0.15) is 0 Å². The third-order valence-electron chi connectivity index (χ3n) is 4.86. The van der Waals surface area contributed by atoms with Gasteiger partial charge in [-0.3, -0.25) is 4.79 Å². The van der Waals surface area contributed by atoms with Crippen molar-refractivity contribution in [3.05, 3.63) is 83.2 Å². The summed E-state index contributed by atoms with van der Waals surface area (Å²) in [6.07, 6.45) is 1.54. The van der Waals surface area contributed by atoms with Crippen LogP contribution in [0.1, 0.15) is 34.3 Å². The maximum Gasteiger partial charge on any atom is 0.196 e. The molecular formula is C25H25FO5. The van der Waals surface area contributed by atoms with E-state index in [-0.39, 0.29) is 17.1 Å². The molecule has 0 aromatic heterocycles. The third kappa shape index (κ3) is 5.54. The second kappa shape index (κ2) is 10.5. The predicted octanol–water partition coefficient (Wildman–Crippen LogP) is 5.32. The smallest absolute Gasteiger partial charge is 0.196 e. The first-order valence-electron chi connectivity index (χ1n) is 10.0. The van der Waals surface area contributed by atoms with Crippen molar-refractivity contribution in [1.29, 1.82) is 0 Å². The Morgan fingerprint density at radius 1 is 0.871 bits per heavy atom. The van der Waals surface area contributed by atoms with Crippen LogP contribution in [0.4, 0.5) is 4.39 Å². The summed E-state index contributed by atoms with van der Waals surface area (Å²) in [5.41, 5.74) is 0.944. The number of phenolic OH excluding ortho intramolecular Hbond substituents is 1. The Balaban J connectivity index is 1.51. The number of ketones is 1. The van der Waals surface area contributed by atoms with Gasteiger partial charge in [0.05, 0.1) is 25.9 Å². The van der Waals surface area contributed by atoms with Crippen LogP contribution in [0.25, 0.3) is 0 Å². The highest BCUT2D eigenvalue weighted by atomic mass is 19.1. The van der Waals surface area contributed by atoms with Gasteiger partial charge in [-0.05, 0) is 68.3 Å². The molecule has 0 spiro atoms. The van der Waals surface area contributed by atoms with Crippen LogP contribution in [0.2, 0.25) is 0 Å². The van der Waals surface area contributed by atoms with Crippen LogP contribution in [0.15, 0.2) is 60.7 Å². The van der Waals surface area contributed by atoms with Gasteiger partial charge in [0.1, 0.15) is 17.3 Å². The van der Waals surface area contributed by atoms with Gasteiger partial charge in [0.15, 0.2) is 17.3 Å². The molecule has 0 unspecified atom stereocenters. The van der Waals surface area contributed by atoms with E-state index in [0.29, 0.717) is 41.6 Å². The predicted molar refractivity (Wildman–Crippen MR) is 116 cm³/mol. The van der Waals surface area contributed by atoms with Crippen molar-refractivity contribution in [2.45, 2.75) is 19.8 Å². The molecule has 0 atom stereocenters. The quantitative estimate of drug-likeness (QED) is 0.353. The zero-order valence-electron chi connectivity index (χ0n) is 17.6. The number of carbonyl (C=O) groups is 1. The zero-order valence-corrected chi connectivity index (χ0v) is 17.6. The molecular weight excluding hydrogens is 399 g/mol. The number of phenols is 1. The zero-order chi connectivity index (χ0) is 22.2. The van der Waals surface area contributed by atoms with Crippen LogP contribution in [-0.2, 0) is 0 Å². The fourth-order valence-corrected chi connectivity index (χ4v) is 3.08. The number of benzene rings is 3. The molecule has 1 N–H and O–H groups in total. The number of methoxy groups -OCH3 is 1. The number of carbonyl (C=O) groups excluding carboxylic acids is 1. The van der Waals surface area contributed by atoms with Gasteiger partial charge in [0.25, 0.3) is 0 Å². The summed E-state index contributed by atoms with van der Waals surface area (Å²) in [7, 11) is 1.60. The van der Waals surface area contributed by atoms with Crippen LogP contribution in [0.3, 0.4) is 0 Å². The van der Waals surface area contributed by atoms with E-state index < -0.39 is 5.82 Å². The van der Waals surface area contributed by atoms with Crippen LogP contribution in [0.5, 0.6) is 23.0 Å². The number of rotatable bonds is 10. The Hall–Kier alpha value is -3.54. The molecule has 0 bridgehead atoms. The van der Waals surface area contributed by atoms with E-state index >= 15 is 0 Å². The van der Waals surface area contributed by atoms with Crippen molar-refractivity contribution in [1.82, 2.24) is 0 Å². The van der Waals surface area contributed by atoms with Crippen LogP contribution >= 0.6 is 0 Å². The van der Waals surface area contributed by atoms with Crippen LogP contribution in [0, 0.1) is 12.7 Å². The number of unbranched alkanes of at least 4 members (excludes halogenated alkanes) is 1. The van der Waals surface area contributed by atoms with E-state index in [2.05, 4.69) is 0 Å². The van der Waals surface area contributed by atoms with Gasteiger partial charge < -0.3 is 19.3 Å². The molecule has 0 amide bonds. The van der Waals surface area contributed by atoms with Gasteiger partial charge in [-0.15, -0.1) is 0 Å². The number of halogens is 1. The lowest BCUT2D eigenvalue weighted by Crippen LogP contribution is -2.06. The first kappa shape index (κ1) is 22.2. The fourth-order valence-electron chi connectivity index (χ4n) is 3.08. The van der Waals surface area contributed by atoms with E-state index in [1.807, 2.05) is 24.3 Å². The number of aromatic hydroxyl groups is 1. The highest BCUT2D eigenvalue weighted by Crippen LogP contribution is 2.32. The first-order chi connectivity index (χ1) is 15.0. The van der Waals surface area contributed by atoms with E-state index in [1.165, 1.54) is 30.3 Å². The van der Waals surface area contributed by atoms with Gasteiger partial charge in [0.2, 0.25) is 0 Å². The lowest BCUT2D eigenvalue weighted by molar-refractivity contribution is 0.103. The topological polar surface area (TPSA) is 65.0 Å². The fraction of sp³-hybridized carbons (Fsp3) is 0.240. The third-order valence-corrected chi connectivity index (χ3v) is 4.86. The molecule has 0 saturated carbocycles. The molecule has 0 aliphatic heterocycles. The molecule has 0 fully saturated rings. The lowest BCUT2D eigenvalue weighted by Gasteiger charge is -2.13. The molecule has 3 rings (SSSR count). The van der Waals surface area contributed by atoms with Gasteiger partial charge in [0, 0.05) is 11.1 Å². The number of hydrogen-bond acceptors (Lipinski definition) is 5. The van der Waals surface area contributed by atoms with E-state index in [0.717, 1.165) is 12.8 Å². The van der Waals surface area contributed by atoms with Crippen LogP contribution < -0.4 is 14.2 Å². The molecule has 0 aliphatic carbocycles. The summed E-state index contributed by atoms with van der Waals surface area (Å²) in [6, 6.07) is 15.9. The summed E-state index contributed by atoms with van der Waals surface area (Å²) in [4.78, 5) is 12.6. The van der Waals surface area contributed by atoms with Crippen molar-refractivity contribution in [3.63, 3.8) is 0 Å². The molecule has 31 heavy (non-hydrogen) atoms.